The molecule has 5 atom stereocenters. The van der Waals surface area contributed by atoms with Gasteiger partial charge in [0.2, 0.25) is 0 Å². The van der Waals surface area contributed by atoms with Crippen molar-refractivity contribution in [1.29, 1.82) is 0 Å². The van der Waals surface area contributed by atoms with Gasteiger partial charge >= 0.3 is 5.69 Å². The predicted molar refractivity (Wildman–Crippen MR) is 77.6 cm³/mol. The topological polar surface area (TPSA) is 101 Å². The van der Waals surface area contributed by atoms with Gasteiger partial charge in [0.25, 0.3) is 0 Å². The molecule has 3 rings (SSSR count). The van der Waals surface area contributed by atoms with Gasteiger partial charge in [-0.1, -0.05) is 6.42 Å². The maximum Gasteiger partial charge on any atom is 0.350 e. The minimum atomic E-state index is -1.63. The minimum absolute atomic E-state index is 0.0706. The van der Waals surface area contributed by atoms with Crippen LogP contribution in [0.3, 0.4) is 0 Å². The Kier molecular flexibility index (Phi) is 3.94. The molecule has 2 aliphatic rings. The fraction of sp³-hybridized carbons (Fsp3) is 0.692. The average Bonchev–Trinajstić information content (AvgIpc) is 2.65. The maximum absolute atomic E-state index is 14.3. The summed E-state index contributed by atoms with van der Waals surface area (Å²) in [4.78, 5) is 15.4. The first-order valence-corrected chi connectivity index (χ1v) is 7.93. The van der Waals surface area contributed by atoms with Gasteiger partial charge in [-0.3, -0.25) is 4.57 Å². The van der Waals surface area contributed by atoms with Crippen LogP contribution in [0.5, 0.6) is 0 Å². The van der Waals surface area contributed by atoms with E-state index in [0.29, 0.717) is 0 Å². The van der Waals surface area contributed by atoms with Crippen LogP contribution in [0.25, 0.3) is 0 Å². The summed E-state index contributed by atoms with van der Waals surface area (Å²) in [6.45, 7) is 0. The Morgan fingerprint density at radius 2 is 2.24 bits per heavy atom. The number of anilines is 1. The molecule has 1 saturated heterocycles. The standard InChI is InChI=1S/C13H18FN3O3S/c14-8-10(19)11(9(18)6-2-1-3-6)21-12(8)17-5-4-7(15)16-13(17)20/h4-6,8-12,18-19H,1-3H2,(H2,15,16,20)/t8-,9?,10-,11+,12+/m0/s1. The van der Waals surface area contributed by atoms with Gasteiger partial charge in [-0.15, -0.1) is 11.8 Å². The van der Waals surface area contributed by atoms with Crippen LogP contribution >= 0.6 is 11.8 Å². The van der Waals surface area contributed by atoms with E-state index in [1.54, 1.807) is 0 Å². The fourth-order valence-corrected chi connectivity index (χ4v) is 4.46. The van der Waals surface area contributed by atoms with E-state index < -0.39 is 34.7 Å². The van der Waals surface area contributed by atoms with Crippen molar-refractivity contribution in [3.63, 3.8) is 0 Å². The lowest BCUT2D eigenvalue weighted by Crippen LogP contribution is -2.42. The molecular formula is C13H18FN3O3S. The summed E-state index contributed by atoms with van der Waals surface area (Å²) in [6, 6.07) is 1.41. The van der Waals surface area contributed by atoms with Gasteiger partial charge in [0.1, 0.15) is 17.3 Å². The van der Waals surface area contributed by atoms with E-state index in [9.17, 15) is 19.4 Å². The number of halogens is 1. The summed E-state index contributed by atoms with van der Waals surface area (Å²) in [6.07, 6.45) is 0.558. The third-order valence-corrected chi connectivity index (χ3v) is 5.96. The van der Waals surface area contributed by atoms with Crippen molar-refractivity contribution in [3.8, 4) is 0 Å². The molecular weight excluding hydrogens is 297 g/mol. The first-order valence-electron chi connectivity index (χ1n) is 6.99. The molecule has 0 radical (unpaired) electrons. The highest BCUT2D eigenvalue weighted by Crippen LogP contribution is 2.47. The van der Waals surface area contributed by atoms with Crippen LogP contribution in [0, 0.1) is 5.92 Å². The van der Waals surface area contributed by atoms with Crippen molar-refractivity contribution in [2.75, 3.05) is 5.73 Å². The Hall–Kier alpha value is -1.12. The lowest BCUT2D eigenvalue weighted by Gasteiger charge is -2.34. The number of rotatable bonds is 3. The summed E-state index contributed by atoms with van der Waals surface area (Å²) in [5, 5.41) is 18.8. The number of hydrogen-bond donors (Lipinski definition) is 3. The second kappa shape index (κ2) is 5.58. The summed E-state index contributed by atoms with van der Waals surface area (Å²) in [5.41, 5.74) is 4.76. The Bertz CT molecular complexity index is 580. The fourth-order valence-electron chi connectivity index (χ4n) is 2.84. The summed E-state index contributed by atoms with van der Waals surface area (Å²) in [7, 11) is 0. The van der Waals surface area contributed by atoms with Gasteiger partial charge in [0.05, 0.1) is 11.4 Å². The highest BCUT2D eigenvalue weighted by molar-refractivity contribution is 8.00. The summed E-state index contributed by atoms with van der Waals surface area (Å²) >= 11 is 1.09. The number of aliphatic hydroxyl groups excluding tert-OH is 2. The molecule has 21 heavy (non-hydrogen) atoms. The Morgan fingerprint density at radius 3 is 2.81 bits per heavy atom. The zero-order valence-electron chi connectivity index (χ0n) is 11.3. The van der Waals surface area contributed by atoms with E-state index in [-0.39, 0.29) is 11.7 Å². The largest absolute Gasteiger partial charge is 0.392 e. The molecule has 8 heteroatoms. The second-order valence-corrected chi connectivity index (χ2v) is 6.95. The van der Waals surface area contributed by atoms with Gasteiger partial charge in [0.15, 0.2) is 6.17 Å². The highest BCUT2D eigenvalue weighted by Gasteiger charge is 2.50. The molecule has 1 saturated carbocycles. The molecule has 0 amide bonds. The molecule has 1 aromatic rings. The van der Waals surface area contributed by atoms with Crippen LogP contribution in [-0.4, -0.2) is 43.4 Å². The van der Waals surface area contributed by atoms with Crippen LogP contribution in [-0.2, 0) is 0 Å². The van der Waals surface area contributed by atoms with Gasteiger partial charge < -0.3 is 15.9 Å². The lowest BCUT2D eigenvalue weighted by atomic mass is 9.79. The third kappa shape index (κ3) is 2.56. The zero-order chi connectivity index (χ0) is 15.1. The lowest BCUT2D eigenvalue weighted by molar-refractivity contribution is 0.00124. The van der Waals surface area contributed by atoms with Crippen molar-refractivity contribution in [3.05, 3.63) is 22.7 Å². The molecule has 1 aliphatic heterocycles. The number of hydrogen-bond acceptors (Lipinski definition) is 6. The highest BCUT2D eigenvalue weighted by atomic mass is 32.2. The van der Waals surface area contributed by atoms with E-state index in [1.165, 1.54) is 12.3 Å². The molecule has 4 N–H and O–H groups in total. The van der Waals surface area contributed by atoms with Crippen LogP contribution < -0.4 is 11.4 Å². The molecule has 2 heterocycles. The molecule has 1 aromatic heterocycles. The predicted octanol–water partition coefficient (Wildman–Crippen LogP) is 0.299. The molecule has 1 aliphatic carbocycles. The van der Waals surface area contributed by atoms with E-state index in [1.807, 2.05) is 0 Å². The van der Waals surface area contributed by atoms with Gasteiger partial charge in [-0.05, 0) is 24.8 Å². The molecule has 6 nitrogen and oxygen atoms in total. The number of aromatic nitrogens is 2. The summed E-state index contributed by atoms with van der Waals surface area (Å²) in [5.74, 6) is 0.186. The van der Waals surface area contributed by atoms with E-state index in [0.717, 1.165) is 35.6 Å². The molecule has 1 unspecified atom stereocenters. The van der Waals surface area contributed by atoms with Crippen LogP contribution in [0.2, 0.25) is 0 Å². The Morgan fingerprint density at radius 1 is 1.52 bits per heavy atom. The molecule has 0 bridgehead atoms. The number of alkyl halides is 1. The smallest absolute Gasteiger partial charge is 0.350 e. The van der Waals surface area contributed by atoms with Crippen molar-refractivity contribution in [2.45, 2.75) is 48.3 Å². The monoisotopic (exact) mass is 315 g/mol. The van der Waals surface area contributed by atoms with Crippen LogP contribution in [0.4, 0.5) is 10.2 Å². The SMILES string of the molecule is Nc1ccn([C@@H]2S[C@H](C(O)C3CCC3)[C@@H](O)[C@@H]2F)c(=O)n1. The molecule has 2 fully saturated rings. The number of aliphatic hydroxyl groups is 2. The van der Waals surface area contributed by atoms with Gasteiger partial charge in [-0.2, -0.15) is 4.98 Å². The van der Waals surface area contributed by atoms with Gasteiger partial charge in [-0.25, -0.2) is 9.18 Å². The molecule has 0 aromatic carbocycles. The summed E-state index contributed by atoms with van der Waals surface area (Å²) < 4.78 is 15.5. The number of nitrogens with zero attached hydrogens (tertiary/aromatic N) is 2. The second-order valence-electron chi connectivity index (χ2n) is 5.65. The minimum Gasteiger partial charge on any atom is -0.392 e. The quantitative estimate of drug-likeness (QED) is 0.741. The molecule has 116 valence electrons. The molecule has 0 spiro atoms. The third-order valence-electron chi connectivity index (χ3n) is 4.33. The number of nitrogen functional groups attached to an aromatic ring is 1. The number of thioether (sulfide) groups is 1. The zero-order valence-corrected chi connectivity index (χ0v) is 12.1. The Balaban J connectivity index is 1.82. The first kappa shape index (κ1) is 14.8. The van der Waals surface area contributed by atoms with E-state index >= 15 is 0 Å². The van der Waals surface area contributed by atoms with Crippen molar-refractivity contribution < 1.29 is 14.6 Å². The van der Waals surface area contributed by atoms with Crippen LogP contribution in [0.1, 0.15) is 24.6 Å². The van der Waals surface area contributed by atoms with Crippen molar-refractivity contribution in [1.82, 2.24) is 9.55 Å². The Labute approximate surface area is 125 Å². The first-order chi connectivity index (χ1) is 9.99. The van der Waals surface area contributed by atoms with Crippen molar-refractivity contribution in [2.24, 2.45) is 5.92 Å². The number of nitrogens with two attached hydrogens (primary N) is 1. The normalized spacial score (nSPS) is 34.6. The van der Waals surface area contributed by atoms with Crippen molar-refractivity contribution >= 4 is 17.6 Å². The van der Waals surface area contributed by atoms with Crippen LogP contribution in [0.15, 0.2) is 17.1 Å². The van der Waals surface area contributed by atoms with Gasteiger partial charge in [0, 0.05) is 6.20 Å². The van der Waals surface area contributed by atoms with E-state index in [2.05, 4.69) is 4.98 Å². The van der Waals surface area contributed by atoms with E-state index in [4.69, 9.17) is 5.73 Å². The maximum atomic E-state index is 14.3. The average molecular weight is 315 g/mol.